The Morgan fingerprint density at radius 1 is 0.634 bits per heavy atom. The lowest BCUT2D eigenvalue weighted by molar-refractivity contribution is 0.263. The van der Waals surface area contributed by atoms with E-state index in [0.717, 1.165) is 69.5 Å². The van der Waals surface area contributed by atoms with Gasteiger partial charge in [-0.25, -0.2) is 0 Å². The summed E-state index contributed by atoms with van der Waals surface area (Å²) in [4.78, 5) is 9.43. The Labute approximate surface area is 242 Å². The second-order valence-corrected chi connectivity index (χ2v) is 10.2. The van der Waals surface area contributed by atoms with E-state index in [0.29, 0.717) is 13.2 Å². The Hall–Kier alpha value is -4.26. The second kappa shape index (κ2) is 12.9. The molecule has 0 radical (unpaired) electrons. The molecule has 0 spiro atoms. The number of aryl methyl sites for hydroxylation is 2. The van der Waals surface area contributed by atoms with Crippen molar-refractivity contribution in [1.82, 2.24) is 0 Å². The summed E-state index contributed by atoms with van der Waals surface area (Å²) >= 11 is 0. The fourth-order valence-corrected chi connectivity index (χ4v) is 4.26. The summed E-state index contributed by atoms with van der Waals surface area (Å²) in [7, 11) is 0. The van der Waals surface area contributed by atoms with Gasteiger partial charge in [-0.2, -0.15) is 0 Å². The third kappa shape index (κ3) is 7.91. The number of epoxide rings is 2. The predicted molar refractivity (Wildman–Crippen MR) is 166 cm³/mol. The Morgan fingerprint density at radius 3 is 1.37 bits per heavy atom. The van der Waals surface area contributed by atoms with Crippen molar-refractivity contribution < 1.29 is 18.9 Å². The van der Waals surface area contributed by atoms with Crippen LogP contribution in [0.25, 0.3) is 11.1 Å². The van der Waals surface area contributed by atoms with Crippen molar-refractivity contribution in [1.29, 1.82) is 0 Å². The zero-order valence-electron chi connectivity index (χ0n) is 22.7. The monoisotopic (exact) mass is 548 g/mol. The van der Waals surface area contributed by atoms with Gasteiger partial charge in [0.05, 0.1) is 24.6 Å². The molecule has 41 heavy (non-hydrogen) atoms. The van der Waals surface area contributed by atoms with Gasteiger partial charge in [-0.05, 0) is 120 Å². The van der Waals surface area contributed by atoms with Gasteiger partial charge in [-0.3, -0.25) is 9.98 Å². The van der Waals surface area contributed by atoms with Crippen LogP contribution in [-0.2, 0) is 9.47 Å². The molecule has 210 valence electrons. The van der Waals surface area contributed by atoms with Crippen LogP contribution in [0.5, 0.6) is 11.5 Å². The van der Waals surface area contributed by atoms with Crippen molar-refractivity contribution in [2.75, 3.05) is 26.4 Å². The number of aliphatic imine (C=N–C) groups is 2. The number of benzene rings is 4. The standard InChI is InChI=1S/C34H32N2O4.CH4/c1-23-15-27(7-13-33(23)35-17-25-3-9-29(10-4-25)37-19-31-21-39-31)28-8-14-34(24(2)16-28)36-18-26-5-11-30(12-6-26)38-20-32-22-40-32;/h3-18,31-32H,19-22H2,1-2H3;1H4. The lowest BCUT2D eigenvalue weighted by Gasteiger charge is -2.08. The van der Waals surface area contributed by atoms with Crippen molar-refractivity contribution >= 4 is 23.8 Å². The van der Waals surface area contributed by atoms with Gasteiger partial charge in [0.1, 0.15) is 36.9 Å². The van der Waals surface area contributed by atoms with Crippen molar-refractivity contribution in [3.05, 3.63) is 107 Å². The number of ether oxygens (including phenoxy) is 4. The first-order chi connectivity index (χ1) is 19.6. The molecule has 4 aromatic carbocycles. The zero-order valence-corrected chi connectivity index (χ0v) is 22.7. The van der Waals surface area contributed by atoms with E-state index in [2.05, 4.69) is 50.2 Å². The maximum Gasteiger partial charge on any atom is 0.119 e. The lowest BCUT2D eigenvalue weighted by atomic mass is 10.00. The largest absolute Gasteiger partial charge is 0.491 e. The first kappa shape index (κ1) is 28.3. The van der Waals surface area contributed by atoms with Crippen LogP contribution < -0.4 is 9.47 Å². The van der Waals surface area contributed by atoms with E-state index in [1.807, 2.05) is 61.0 Å². The molecule has 6 rings (SSSR count). The molecule has 6 heteroatoms. The van der Waals surface area contributed by atoms with E-state index >= 15 is 0 Å². The van der Waals surface area contributed by atoms with E-state index < -0.39 is 0 Å². The summed E-state index contributed by atoms with van der Waals surface area (Å²) in [5.74, 6) is 1.69. The maximum atomic E-state index is 5.71. The molecule has 6 nitrogen and oxygen atoms in total. The summed E-state index contributed by atoms with van der Waals surface area (Å²) in [6.07, 6.45) is 4.28. The van der Waals surface area contributed by atoms with Crippen LogP contribution in [0, 0.1) is 13.8 Å². The summed E-state index contributed by atoms with van der Waals surface area (Å²) < 4.78 is 21.8. The van der Waals surface area contributed by atoms with Gasteiger partial charge >= 0.3 is 0 Å². The average molecular weight is 549 g/mol. The molecule has 2 atom stereocenters. The summed E-state index contributed by atoms with van der Waals surface area (Å²) in [6.45, 7) is 6.99. The molecule has 2 fully saturated rings. The lowest BCUT2D eigenvalue weighted by Crippen LogP contribution is -2.03. The van der Waals surface area contributed by atoms with E-state index in [-0.39, 0.29) is 19.6 Å². The van der Waals surface area contributed by atoms with Gasteiger partial charge in [-0.1, -0.05) is 19.6 Å². The minimum atomic E-state index is 0. The minimum Gasteiger partial charge on any atom is -0.491 e. The van der Waals surface area contributed by atoms with E-state index in [9.17, 15) is 0 Å². The van der Waals surface area contributed by atoms with Gasteiger partial charge in [0.25, 0.3) is 0 Å². The van der Waals surface area contributed by atoms with Crippen LogP contribution in [-0.4, -0.2) is 51.1 Å². The van der Waals surface area contributed by atoms with Gasteiger partial charge in [0, 0.05) is 12.4 Å². The van der Waals surface area contributed by atoms with Crippen molar-refractivity contribution in [3.8, 4) is 22.6 Å². The molecule has 2 saturated heterocycles. The molecular weight excluding hydrogens is 512 g/mol. The highest BCUT2D eigenvalue weighted by atomic mass is 16.6. The summed E-state index contributed by atoms with van der Waals surface area (Å²) in [6, 6.07) is 28.7. The normalized spacial score (nSPS) is 17.4. The highest BCUT2D eigenvalue weighted by molar-refractivity contribution is 5.84. The van der Waals surface area contributed by atoms with Crippen molar-refractivity contribution in [2.24, 2.45) is 9.98 Å². The van der Waals surface area contributed by atoms with Crippen LogP contribution in [0.3, 0.4) is 0 Å². The highest BCUT2D eigenvalue weighted by Crippen LogP contribution is 2.30. The van der Waals surface area contributed by atoms with Crippen LogP contribution in [0.2, 0.25) is 0 Å². The molecule has 2 unspecified atom stereocenters. The minimum absolute atomic E-state index is 0. The first-order valence-electron chi connectivity index (χ1n) is 13.6. The van der Waals surface area contributed by atoms with Crippen molar-refractivity contribution in [3.63, 3.8) is 0 Å². The van der Waals surface area contributed by atoms with Crippen LogP contribution in [0.4, 0.5) is 11.4 Å². The first-order valence-corrected chi connectivity index (χ1v) is 13.6. The molecule has 0 bridgehead atoms. The smallest absolute Gasteiger partial charge is 0.119 e. The number of rotatable bonds is 11. The zero-order chi connectivity index (χ0) is 27.3. The molecule has 0 aromatic heterocycles. The Kier molecular flexibility index (Phi) is 8.92. The molecule has 0 saturated carbocycles. The maximum absolute atomic E-state index is 5.71. The van der Waals surface area contributed by atoms with Crippen LogP contribution in [0.1, 0.15) is 29.7 Å². The van der Waals surface area contributed by atoms with Gasteiger partial charge < -0.3 is 18.9 Å². The predicted octanol–water partition coefficient (Wildman–Crippen LogP) is 7.66. The average Bonchev–Trinajstić information content (AvgIpc) is 3.91. The molecule has 2 aliphatic rings. The van der Waals surface area contributed by atoms with Crippen LogP contribution >= 0.6 is 0 Å². The fourth-order valence-electron chi connectivity index (χ4n) is 4.26. The molecule has 2 aliphatic heterocycles. The highest BCUT2D eigenvalue weighted by Gasteiger charge is 2.23. The quantitative estimate of drug-likeness (QED) is 0.143. The summed E-state index contributed by atoms with van der Waals surface area (Å²) in [5.41, 5.74) is 8.50. The Balaban J connectivity index is 0.00000337. The molecule has 4 aromatic rings. The summed E-state index contributed by atoms with van der Waals surface area (Å²) in [5, 5.41) is 0. The topological polar surface area (TPSA) is 68.2 Å². The second-order valence-electron chi connectivity index (χ2n) is 10.2. The number of hydrogen-bond donors (Lipinski definition) is 0. The Morgan fingerprint density at radius 2 is 1.02 bits per heavy atom. The third-order valence-electron chi connectivity index (χ3n) is 6.87. The van der Waals surface area contributed by atoms with Crippen molar-refractivity contribution in [2.45, 2.75) is 33.5 Å². The number of nitrogens with zero attached hydrogens (tertiary/aromatic N) is 2. The van der Waals surface area contributed by atoms with Gasteiger partial charge in [0.15, 0.2) is 0 Å². The van der Waals surface area contributed by atoms with Gasteiger partial charge in [-0.15, -0.1) is 0 Å². The number of hydrogen-bond acceptors (Lipinski definition) is 6. The fraction of sp³-hybridized carbons (Fsp3) is 0.257. The molecular formula is C35H36N2O4. The van der Waals surface area contributed by atoms with Crippen LogP contribution in [0.15, 0.2) is 94.9 Å². The molecule has 0 N–H and O–H groups in total. The molecule has 0 amide bonds. The van der Waals surface area contributed by atoms with E-state index in [4.69, 9.17) is 28.9 Å². The Bertz CT molecular complexity index is 1400. The molecule has 2 heterocycles. The molecule has 0 aliphatic carbocycles. The van der Waals surface area contributed by atoms with E-state index in [1.54, 1.807) is 0 Å². The third-order valence-corrected chi connectivity index (χ3v) is 6.87. The van der Waals surface area contributed by atoms with Gasteiger partial charge in [0.2, 0.25) is 0 Å². The SMILES string of the molecule is C.Cc1cc(-c2ccc(N=Cc3ccc(OCC4CO4)cc3)c(C)c2)ccc1N=Cc1ccc(OCC2CO2)cc1. The van der Waals surface area contributed by atoms with E-state index in [1.165, 1.54) is 0 Å².